The van der Waals surface area contributed by atoms with Crippen molar-refractivity contribution in [1.29, 1.82) is 0 Å². The zero-order valence-electron chi connectivity index (χ0n) is 17.9. The van der Waals surface area contributed by atoms with Crippen LogP contribution in [0.15, 0.2) is 77.7 Å². The van der Waals surface area contributed by atoms with Crippen molar-refractivity contribution in [2.75, 3.05) is 10.7 Å². The minimum Gasteiger partial charge on any atom is -0.283 e. The summed E-state index contributed by atoms with van der Waals surface area (Å²) in [4.78, 5) is 21.4. The molecule has 0 aliphatic heterocycles. The van der Waals surface area contributed by atoms with Gasteiger partial charge < -0.3 is 0 Å². The Morgan fingerprint density at radius 3 is 2.42 bits per heavy atom. The average Bonchev–Trinajstić information content (AvgIpc) is 3.23. The van der Waals surface area contributed by atoms with E-state index in [-0.39, 0.29) is 5.91 Å². The number of thiazole rings is 1. The van der Waals surface area contributed by atoms with Gasteiger partial charge in [-0.2, -0.15) is 0 Å². The molecular weight excluding hydrogens is 420 g/mol. The Morgan fingerprint density at radius 2 is 1.71 bits per heavy atom. The van der Waals surface area contributed by atoms with Crippen molar-refractivity contribution < 1.29 is 4.79 Å². The number of hydrogen-bond donors (Lipinski definition) is 0. The standard InChI is InChI=1S/C26H26N2OS2/c1-3-21-11-8-12-23-25(21)27-26(31-23)28(18-20-9-6-5-7-10-20)24(29)17-19-13-15-22(16-14-19)30-4-2/h5-16H,3-4,17-18H2,1-2H3. The summed E-state index contributed by atoms with van der Waals surface area (Å²) in [6, 6.07) is 24.7. The minimum atomic E-state index is 0.0665. The Bertz CT molecular complexity index is 1150. The average molecular weight is 447 g/mol. The number of hydrogen-bond acceptors (Lipinski definition) is 4. The number of aromatic nitrogens is 1. The third-order valence-electron chi connectivity index (χ3n) is 5.18. The van der Waals surface area contributed by atoms with E-state index in [0.717, 1.165) is 38.6 Å². The summed E-state index contributed by atoms with van der Waals surface area (Å²) in [5.74, 6) is 1.11. The lowest BCUT2D eigenvalue weighted by Crippen LogP contribution is -2.31. The summed E-state index contributed by atoms with van der Waals surface area (Å²) < 4.78 is 1.13. The van der Waals surface area contributed by atoms with E-state index in [0.29, 0.717) is 13.0 Å². The van der Waals surface area contributed by atoms with E-state index in [9.17, 15) is 4.79 Å². The molecule has 0 aliphatic rings. The lowest BCUT2D eigenvalue weighted by atomic mass is 10.1. The third-order valence-corrected chi connectivity index (χ3v) is 7.12. The van der Waals surface area contributed by atoms with Crippen LogP contribution in [0.3, 0.4) is 0 Å². The molecule has 0 saturated carbocycles. The molecule has 158 valence electrons. The SMILES string of the molecule is CCSc1ccc(CC(=O)N(Cc2ccccc2)c2nc3c(CC)cccc3s2)cc1. The second-order valence-corrected chi connectivity index (χ2v) is 9.68. The molecule has 0 atom stereocenters. The van der Waals surface area contributed by atoms with Gasteiger partial charge in [-0.3, -0.25) is 9.69 Å². The Hall–Kier alpha value is -2.63. The molecule has 0 saturated heterocycles. The van der Waals surface area contributed by atoms with Crippen LogP contribution in [0.1, 0.15) is 30.5 Å². The molecular formula is C26H26N2OS2. The molecule has 0 unspecified atom stereocenters. The Kier molecular flexibility index (Phi) is 7.05. The largest absolute Gasteiger partial charge is 0.283 e. The third kappa shape index (κ3) is 5.17. The monoisotopic (exact) mass is 446 g/mol. The number of nitrogens with zero attached hydrogens (tertiary/aromatic N) is 2. The van der Waals surface area contributed by atoms with Crippen LogP contribution in [0.25, 0.3) is 10.2 Å². The highest BCUT2D eigenvalue weighted by molar-refractivity contribution is 7.99. The molecule has 1 heterocycles. The number of carbonyl (C=O) groups excluding carboxylic acids is 1. The minimum absolute atomic E-state index is 0.0665. The molecule has 5 heteroatoms. The molecule has 1 amide bonds. The van der Waals surface area contributed by atoms with Gasteiger partial charge in [0.1, 0.15) is 0 Å². The Labute approximate surface area is 192 Å². The normalized spacial score (nSPS) is 11.0. The van der Waals surface area contributed by atoms with E-state index < -0.39 is 0 Å². The van der Waals surface area contributed by atoms with Crippen molar-refractivity contribution in [2.45, 2.75) is 38.1 Å². The number of aryl methyl sites for hydroxylation is 1. The maximum absolute atomic E-state index is 13.4. The van der Waals surface area contributed by atoms with Crippen LogP contribution in [-0.2, 0) is 24.2 Å². The van der Waals surface area contributed by atoms with Crippen molar-refractivity contribution in [3.05, 3.63) is 89.5 Å². The van der Waals surface area contributed by atoms with E-state index >= 15 is 0 Å². The Morgan fingerprint density at radius 1 is 0.935 bits per heavy atom. The number of thioether (sulfide) groups is 1. The zero-order chi connectivity index (χ0) is 21.6. The van der Waals surface area contributed by atoms with Gasteiger partial charge in [0.05, 0.1) is 23.2 Å². The van der Waals surface area contributed by atoms with E-state index in [2.05, 4.69) is 68.4 Å². The second-order valence-electron chi connectivity index (χ2n) is 7.33. The number of amides is 1. The molecule has 1 aromatic heterocycles. The van der Waals surface area contributed by atoms with Crippen molar-refractivity contribution in [1.82, 2.24) is 4.98 Å². The summed E-state index contributed by atoms with van der Waals surface area (Å²) in [6.45, 7) is 4.80. The quantitative estimate of drug-likeness (QED) is 0.281. The topological polar surface area (TPSA) is 33.2 Å². The molecule has 4 aromatic rings. The first-order chi connectivity index (χ1) is 15.2. The first-order valence-electron chi connectivity index (χ1n) is 10.6. The summed E-state index contributed by atoms with van der Waals surface area (Å²) in [7, 11) is 0. The fourth-order valence-electron chi connectivity index (χ4n) is 3.56. The van der Waals surface area contributed by atoms with Crippen molar-refractivity contribution >= 4 is 44.4 Å². The van der Waals surface area contributed by atoms with Crippen LogP contribution in [0.4, 0.5) is 5.13 Å². The van der Waals surface area contributed by atoms with Crippen molar-refractivity contribution in [3.8, 4) is 0 Å². The second kappa shape index (κ2) is 10.1. The predicted octanol–water partition coefficient (Wildman–Crippen LogP) is 6.75. The van der Waals surface area contributed by atoms with Gasteiger partial charge in [-0.05, 0) is 47.1 Å². The maximum Gasteiger partial charge on any atom is 0.233 e. The highest BCUT2D eigenvalue weighted by Crippen LogP contribution is 2.32. The molecule has 3 nitrogen and oxygen atoms in total. The summed E-state index contributed by atoms with van der Waals surface area (Å²) in [6.07, 6.45) is 1.29. The lowest BCUT2D eigenvalue weighted by molar-refractivity contribution is -0.118. The van der Waals surface area contributed by atoms with E-state index in [1.165, 1.54) is 10.5 Å². The van der Waals surface area contributed by atoms with E-state index in [1.54, 1.807) is 11.3 Å². The van der Waals surface area contributed by atoms with E-state index in [1.807, 2.05) is 34.9 Å². The van der Waals surface area contributed by atoms with Gasteiger partial charge >= 0.3 is 0 Å². The van der Waals surface area contributed by atoms with Crippen LogP contribution < -0.4 is 4.90 Å². The van der Waals surface area contributed by atoms with Crippen LogP contribution in [0.2, 0.25) is 0 Å². The lowest BCUT2D eigenvalue weighted by Gasteiger charge is -2.20. The molecule has 0 aliphatic carbocycles. The first kappa shape index (κ1) is 21.6. The number of carbonyl (C=O) groups is 1. The summed E-state index contributed by atoms with van der Waals surface area (Å²) >= 11 is 3.40. The highest BCUT2D eigenvalue weighted by Gasteiger charge is 2.21. The smallest absolute Gasteiger partial charge is 0.233 e. The van der Waals surface area contributed by atoms with E-state index in [4.69, 9.17) is 4.98 Å². The van der Waals surface area contributed by atoms with Gasteiger partial charge in [-0.1, -0.05) is 79.8 Å². The molecule has 31 heavy (non-hydrogen) atoms. The molecule has 0 N–H and O–H groups in total. The van der Waals surface area contributed by atoms with Gasteiger partial charge in [-0.25, -0.2) is 4.98 Å². The number of anilines is 1. The van der Waals surface area contributed by atoms with Gasteiger partial charge in [0.2, 0.25) is 5.91 Å². The van der Waals surface area contributed by atoms with Gasteiger partial charge in [0, 0.05) is 4.90 Å². The molecule has 3 aromatic carbocycles. The molecule has 0 bridgehead atoms. The van der Waals surface area contributed by atoms with Gasteiger partial charge in [0.25, 0.3) is 0 Å². The number of benzene rings is 3. The van der Waals surface area contributed by atoms with Crippen LogP contribution >= 0.6 is 23.1 Å². The van der Waals surface area contributed by atoms with Crippen LogP contribution in [0.5, 0.6) is 0 Å². The molecule has 0 fully saturated rings. The van der Waals surface area contributed by atoms with Crippen LogP contribution in [0, 0.1) is 0 Å². The summed E-state index contributed by atoms with van der Waals surface area (Å²) in [5, 5.41) is 0.767. The maximum atomic E-state index is 13.4. The first-order valence-corrected chi connectivity index (χ1v) is 12.4. The van der Waals surface area contributed by atoms with Gasteiger partial charge in [0.15, 0.2) is 5.13 Å². The van der Waals surface area contributed by atoms with Crippen molar-refractivity contribution in [2.24, 2.45) is 0 Å². The summed E-state index contributed by atoms with van der Waals surface area (Å²) in [5.41, 5.74) is 4.35. The fourth-order valence-corrected chi connectivity index (χ4v) is 5.26. The number of rotatable bonds is 8. The highest BCUT2D eigenvalue weighted by atomic mass is 32.2. The van der Waals surface area contributed by atoms with Gasteiger partial charge in [-0.15, -0.1) is 11.8 Å². The number of para-hydroxylation sites is 1. The predicted molar refractivity (Wildman–Crippen MR) is 133 cm³/mol. The zero-order valence-corrected chi connectivity index (χ0v) is 19.5. The van der Waals surface area contributed by atoms with Crippen molar-refractivity contribution in [3.63, 3.8) is 0 Å². The molecule has 4 rings (SSSR count). The van der Waals surface area contributed by atoms with Crippen LogP contribution in [-0.4, -0.2) is 16.6 Å². The molecule has 0 spiro atoms. The Balaban J connectivity index is 1.64. The number of fused-ring (bicyclic) bond motifs is 1. The molecule has 0 radical (unpaired) electrons. The fraction of sp³-hybridized carbons (Fsp3) is 0.231.